The lowest BCUT2D eigenvalue weighted by atomic mass is 9.88. The molecular formula is C14H23N5. The molecule has 2 bridgehead atoms. The zero-order valence-electron chi connectivity index (χ0n) is 11.4. The molecule has 2 aliphatic carbocycles. The second-order valence-corrected chi connectivity index (χ2v) is 6.39. The van der Waals surface area contributed by atoms with Crippen molar-refractivity contribution in [3.8, 4) is 0 Å². The van der Waals surface area contributed by atoms with Crippen molar-refractivity contribution in [1.82, 2.24) is 20.5 Å². The molecule has 104 valence electrons. The number of H-pyrrole nitrogens is 1. The number of nitrogens with one attached hydrogen (secondary N) is 2. The third-order valence-corrected chi connectivity index (χ3v) is 5.20. The van der Waals surface area contributed by atoms with E-state index in [-0.39, 0.29) is 0 Å². The molecule has 5 nitrogen and oxygen atoms in total. The summed E-state index contributed by atoms with van der Waals surface area (Å²) >= 11 is 0. The van der Waals surface area contributed by atoms with E-state index in [9.17, 15) is 0 Å². The largest absolute Gasteiger partial charge is 0.338 e. The second kappa shape index (κ2) is 4.78. The molecule has 2 heterocycles. The number of anilines is 1. The number of nitrogens with zero attached hydrogens (tertiary/aromatic N) is 3. The smallest absolute Gasteiger partial charge is 0.244 e. The first-order chi connectivity index (χ1) is 9.40. The molecule has 2 saturated carbocycles. The van der Waals surface area contributed by atoms with Crippen LogP contribution in [0.3, 0.4) is 0 Å². The van der Waals surface area contributed by atoms with Gasteiger partial charge in [-0.2, -0.15) is 4.98 Å². The summed E-state index contributed by atoms with van der Waals surface area (Å²) in [7, 11) is 0. The van der Waals surface area contributed by atoms with E-state index < -0.39 is 0 Å². The van der Waals surface area contributed by atoms with E-state index in [0.29, 0.717) is 5.92 Å². The fourth-order valence-corrected chi connectivity index (χ4v) is 4.20. The zero-order chi connectivity index (χ0) is 12.7. The maximum Gasteiger partial charge on any atom is 0.244 e. The summed E-state index contributed by atoms with van der Waals surface area (Å²) in [5.41, 5.74) is 0. The van der Waals surface area contributed by atoms with E-state index >= 15 is 0 Å². The SMILES string of the molecule is C1CNCCN(c2n[nH]c(C3CC4CCC3C4)n2)C1. The Morgan fingerprint density at radius 2 is 2.11 bits per heavy atom. The van der Waals surface area contributed by atoms with Gasteiger partial charge < -0.3 is 10.2 Å². The van der Waals surface area contributed by atoms with Gasteiger partial charge in [0.15, 0.2) is 0 Å². The Labute approximate surface area is 114 Å². The van der Waals surface area contributed by atoms with Gasteiger partial charge in [0.2, 0.25) is 5.95 Å². The number of aromatic nitrogens is 3. The zero-order valence-corrected chi connectivity index (χ0v) is 11.4. The van der Waals surface area contributed by atoms with Crippen LogP contribution in [0.4, 0.5) is 5.95 Å². The van der Waals surface area contributed by atoms with Gasteiger partial charge in [-0.05, 0) is 44.1 Å². The monoisotopic (exact) mass is 261 g/mol. The summed E-state index contributed by atoms with van der Waals surface area (Å²) in [5, 5.41) is 11.1. The van der Waals surface area contributed by atoms with E-state index in [4.69, 9.17) is 4.98 Å². The van der Waals surface area contributed by atoms with Gasteiger partial charge in [0, 0.05) is 25.6 Å². The van der Waals surface area contributed by atoms with Crippen molar-refractivity contribution < 1.29 is 0 Å². The van der Waals surface area contributed by atoms with Crippen LogP contribution < -0.4 is 10.2 Å². The molecule has 3 unspecified atom stereocenters. The van der Waals surface area contributed by atoms with Gasteiger partial charge in [-0.1, -0.05) is 6.42 Å². The van der Waals surface area contributed by atoms with Crippen molar-refractivity contribution >= 4 is 5.95 Å². The highest BCUT2D eigenvalue weighted by Crippen LogP contribution is 2.52. The Balaban J connectivity index is 1.49. The van der Waals surface area contributed by atoms with E-state index in [2.05, 4.69) is 20.4 Å². The first kappa shape index (κ1) is 11.7. The predicted octanol–water partition coefficient (Wildman–Crippen LogP) is 1.51. The minimum absolute atomic E-state index is 0.658. The van der Waals surface area contributed by atoms with Crippen LogP contribution in [0, 0.1) is 11.8 Å². The summed E-state index contributed by atoms with van der Waals surface area (Å²) in [6.45, 7) is 4.24. The van der Waals surface area contributed by atoms with Gasteiger partial charge >= 0.3 is 0 Å². The van der Waals surface area contributed by atoms with Gasteiger partial charge in [0.1, 0.15) is 5.82 Å². The molecule has 3 atom stereocenters. The third kappa shape index (κ3) is 2.14. The minimum atomic E-state index is 0.658. The number of rotatable bonds is 2. The maximum absolute atomic E-state index is 4.81. The highest BCUT2D eigenvalue weighted by Gasteiger charge is 2.41. The van der Waals surface area contributed by atoms with Gasteiger partial charge in [-0.25, -0.2) is 0 Å². The van der Waals surface area contributed by atoms with Crippen molar-refractivity contribution in [3.05, 3.63) is 5.82 Å². The molecular weight excluding hydrogens is 238 g/mol. The Morgan fingerprint density at radius 1 is 1.11 bits per heavy atom. The van der Waals surface area contributed by atoms with Crippen molar-refractivity contribution in [2.24, 2.45) is 11.8 Å². The molecule has 19 heavy (non-hydrogen) atoms. The van der Waals surface area contributed by atoms with Gasteiger partial charge in [0.05, 0.1) is 0 Å². The summed E-state index contributed by atoms with van der Waals surface area (Å²) in [5.74, 6) is 4.56. The summed E-state index contributed by atoms with van der Waals surface area (Å²) in [6, 6.07) is 0. The second-order valence-electron chi connectivity index (χ2n) is 6.39. The summed E-state index contributed by atoms with van der Waals surface area (Å²) in [4.78, 5) is 7.12. The van der Waals surface area contributed by atoms with Crippen LogP contribution in [0.5, 0.6) is 0 Å². The molecule has 4 rings (SSSR count). The van der Waals surface area contributed by atoms with Crippen molar-refractivity contribution in [3.63, 3.8) is 0 Å². The van der Waals surface area contributed by atoms with E-state index in [1.54, 1.807) is 0 Å². The fourth-order valence-electron chi connectivity index (χ4n) is 4.20. The molecule has 5 heteroatoms. The number of hydrogen-bond acceptors (Lipinski definition) is 4. The predicted molar refractivity (Wildman–Crippen MR) is 74.3 cm³/mol. The molecule has 1 aliphatic heterocycles. The standard InChI is InChI=1S/C14H23N5/c1-4-15-5-7-19(6-1)14-16-13(17-18-14)12-9-10-2-3-11(12)8-10/h10-12,15H,1-9H2,(H,16,17,18). The van der Waals surface area contributed by atoms with Crippen LogP contribution in [0.1, 0.15) is 43.8 Å². The van der Waals surface area contributed by atoms with Gasteiger partial charge in [0.25, 0.3) is 0 Å². The van der Waals surface area contributed by atoms with Gasteiger partial charge in [-0.15, -0.1) is 5.10 Å². The highest BCUT2D eigenvalue weighted by molar-refractivity contribution is 5.30. The Kier molecular flexibility index (Phi) is 2.94. The van der Waals surface area contributed by atoms with Crippen LogP contribution in [0.25, 0.3) is 0 Å². The average Bonchev–Trinajstić information content (AvgIpc) is 3.11. The lowest BCUT2D eigenvalue weighted by Crippen LogP contribution is -2.28. The quantitative estimate of drug-likeness (QED) is 0.847. The fraction of sp³-hybridized carbons (Fsp3) is 0.857. The molecule has 1 saturated heterocycles. The molecule has 1 aromatic heterocycles. The summed E-state index contributed by atoms with van der Waals surface area (Å²) < 4.78 is 0. The maximum atomic E-state index is 4.81. The third-order valence-electron chi connectivity index (χ3n) is 5.20. The molecule has 0 spiro atoms. The summed E-state index contributed by atoms with van der Waals surface area (Å²) in [6.07, 6.45) is 6.78. The molecule has 3 aliphatic rings. The van der Waals surface area contributed by atoms with Gasteiger partial charge in [-0.3, -0.25) is 5.10 Å². The topological polar surface area (TPSA) is 56.8 Å². The Morgan fingerprint density at radius 3 is 2.95 bits per heavy atom. The van der Waals surface area contributed by atoms with Crippen LogP contribution in [0.2, 0.25) is 0 Å². The number of hydrogen-bond donors (Lipinski definition) is 2. The Hall–Kier alpha value is -1.10. The Bertz CT molecular complexity index is 435. The first-order valence-corrected chi connectivity index (χ1v) is 7.78. The van der Waals surface area contributed by atoms with Crippen molar-refractivity contribution in [2.45, 2.75) is 38.0 Å². The number of aromatic amines is 1. The first-order valence-electron chi connectivity index (χ1n) is 7.78. The molecule has 2 N–H and O–H groups in total. The van der Waals surface area contributed by atoms with E-state index in [1.807, 2.05) is 0 Å². The van der Waals surface area contributed by atoms with Crippen LogP contribution >= 0.6 is 0 Å². The van der Waals surface area contributed by atoms with E-state index in [1.165, 1.54) is 32.1 Å². The van der Waals surface area contributed by atoms with Crippen LogP contribution in [-0.4, -0.2) is 41.4 Å². The number of fused-ring (bicyclic) bond motifs is 2. The molecule has 1 aromatic rings. The molecule has 0 amide bonds. The highest BCUT2D eigenvalue weighted by atomic mass is 15.4. The van der Waals surface area contributed by atoms with Crippen LogP contribution in [0.15, 0.2) is 0 Å². The lowest BCUT2D eigenvalue weighted by Gasteiger charge is -2.19. The van der Waals surface area contributed by atoms with Crippen molar-refractivity contribution in [2.75, 3.05) is 31.1 Å². The van der Waals surface area contributed by atoms with Crippen LogP contribution in [-0.2, 0) is 0 Å². The minimum Gasteiger partial charge on any atom is -0.338 e. The van der Waals surface area contributed by atoms with E-state index in [0.717, 1.165) is 49.8 Å². The molecule has 3 fully saturated rings. The molecule has 0 radical (unpaired) electrons. The molecule has 0 aromatic carbocycles. The average molecular weight is 261 g/mol. The van der Waals surface area contributed by atoms with Crippen molar-refractivity contribution in [1.29, 1.82) is 0 Å². The normalized spacial score (nSPS) is 34.7. The lowest BCUT2D eigenvalue weighted by molar-refractivity contribution is 0.406.